The molecule has 1 fully saturated rings. The summed E-state index contributed by atoms with van der Waals surface area (Å²) in [6, 6.07) is 3.12. The van der Waals surface area contributed by atoms with Crippen LogP contribution in [0.5, 0.6) is 5.75 Å². The van der Waals surface area contributed by atoms with Crippen molar-refractivity contribution >= 4 is 18.3 Å². The number of likely N-dealkylation sites (N-methyl/N-ethyl adjacent to an activating group) is 1. The number of alkyl halides is 3. The van der Waals surface area contributed by atoms with E-state index < -0.39 is 12.8 Å². The van der Waals surface area contributed by atoms with Crippen LogP contribution in [0.3, 0.4) is 0 Å². The van der Waals surface area contributed by atoms with Gasteiger partial charge in [-0.1, -0.05) is 12.1 Å². The minimum Gasteiger partial charge on any atom is -0.484 e. The van der Waals surface area contributed by atoms with Crippen LogP contribution in [-0.2, 0) is 16.1 Å². The molecule has 1 unspecified atom stereocenters. The van der Waals surface area contributed by atoms with Crippen LogP contribution in [0.25, 0.3) is 0 Å². The maximum atomic E-state index is 12.4. The number of halogens is 4. The maximum absolute atomic E-state index is 12.4. The molecular formula is C17H24ClF3N2O3. The van der Waals surface area contributed by atoms with Crippen molar-refractivity contribution < 1.29 is 27.4 Å². The van der Waals surface area contributed by atoms with Crippen LogP contribution in [0.1, 0.15) is 16.7 Å². The molecule has 5 nitrogen and oxygen atoms in total. The van der Waals surface area contributed by atoms with E-state index in [4.69, 9.17) is 9.47 Å². The molecule has 0 bridgehead atoms. The Hall–Kier alpha value is -1.51. The van der Waals surface area contributed by atoms with Crippen LogP contribution in [-0.4, -0.2) is 56.4 Å². The topological polar surface area (TPSA) is 50.8 Å². The first-order valence-corrected chi connectivity index (χ1v) is 8.03. The van der Waals surface area contributed by atoms with Crippen molar-refractivity contribution in [2.75, 3.05) is 33.4 Å². The van der Waals surface area contributed by atoms with Crippen LogP contribution in [0.2, 0.25) is 0 Å². The highest BCUT2D eigenvalue weighted by Crippen LogP contribution is 2.27. The smallest absolute Gasteiger partial charge is 0.422 e. The van der Waals surface area contributed by atoms with Gasteiger partial charge in [-0.05, 0) is 30.5 Å². The normalized spacial score (nSPS) is 17.4. The predicted octanol–water partition coefficient (Wildman–Crippen LogP) is 2.61. The van der Waals surface area contributed by atoms with Crippen molar-refractivity contribution in [1.29, 1.82) is 0 Å². The Morgan fingerprint density at radius 3 is 2.46 bits per heavy atom. The van der Waals surface area contributed by atoms with Crippen LogP contribution in [0.4, 0.5) is 13.2 Å². The number of nitrogens with zero attached hydrogens (tertiary/aromatic N) is 1. The van der Waals surface area contributed by atoms with Gasteiger partial charge in [-0.3, -0.25) is 4.79 Å². The van der Waals surface area contributed by atoms with Crippen molar-refractivity contribution in [3.63, 3.8) is 0 Å². The largest absolute Gasteiger partial charge is 0.484 e. The highest BCUT2D eigenvalue weighted by atomic mass is 35.5. The average molecular weight is 397 g/mol. The molecule has 2 rings (SSSR count). The van der Waals surface area contributed by atoms with E-state index in [1.165, 1.54) is 0 Å². The number of morpholine rings is 1. The van der Waals surface area contributed by atoms with Crippen LogP contribution in [0.15, 0.2) is 12.1 Å². The Morgan fingerprint density at radius 2 is 1.96 bits per heavy atom. The molecule has 9 heteroatoms. The zero-order valence-electron chi connectivity index (χ0n) is 15.0. The molecule has 1 aliphatic rings. The molecular weight excluding hydrogens is 373 g/mol. The van der Waals surface area contributed by atoms with Crippen molar-refractivity contribution in [2.24, 2.45) is 0 Å². The minimum absolute atomic E-state index is 0. The molecule has 0 aliphatic carbocycles. The third kappa shape index (κ3) is 6.34. The number of nitrogens with one attached hydrogen (secondary N) is 1. The Kier molecular flexibility index (Phi) is 8.17. The Morgan fingerprint density at radius 1 is 1.35 bits per heavy atom. The second kappa shape index (κ2) is 9.43. The van der Waals surface area contributed by atoms with E-state index >= 15 is 0 Å². The molecule has 1 heterocycles. The second-order valence-electron chi connectivity index (χ2n) is 6.24. The van der Waals surface area contributed by atoms with Gasteiger partial charge >= 0.3 is 6.18 Å². The molecule has 1 saturated heterocycles. The molecule has 1 N–H and O–H groups in total. The Labute approximate surface area is 157 Å². The number of ether oxygens (including phenoxy) is 2. The highest BCUT2D eigenvalue weighted by molar-refractivity contribution is 5.85. The summed E-state index contributed by atoms with van der Waals surface area (Å²) < 4.78 is 47.2. The monoisotopic (exact) mass is 396 g/mol. The Balaban J connectivity index is 0.00000338. The maximum Gasteiger partial charge on any atom is 0.422 e. The zero-order chi connectivity index (χ0) is 18.6. The van der Waals surface area contributed by atoms with Gasteiger partial charge in [0.1, 0.15) is 11.8 Å². The molecule has 0 aromatic heterocycles. The molecule has 0 spiro atoms. The summed E-state index contributed by atoms with van der Waals surface area (Å²) in [5.41, 5.74) is 2.06. The van der Waals surface area contributed by atoms with Crippen molar-refractivity contribution in [1.82, 2.24) is 10.2 Å². The van der Waals surface area contributed by atoms with Gasteiger partial charge in [0.15, 0.2) is 6.61 Å². The standard InChI is InChI=1S/C17H23F3N2O3.ClH/c1-11-6-13(7-12(2)15(11)25-10-17(18,19)20)8-22(3)16(23)14-9-24-5-4-21-14;/h6-7,14,21H,4-5,8-10H2,1-3H3;1H. The number of benzene rings is 1. The van der Waals surface area contributed by atoms with Crippen molar-refractivity contribution in [3.8, 4) is 5.75 Å². The summed E-state index contributed by atoms with van der Waals surface area (Å²) in [7, 11) is 1.69. The first-order chi connectivity index (χ1) is 11.7. The molecule has 1 atom stereocenters. The van der Waals surface area contributed by atoms with E-state index in [1.54, 1.807) is 37.9 Å². The number of carbonyl (C=O) groups excluding carboxylic acids is 1. The number of rotatable bonds is 5. The predicted molar refractivity (Wildman–Crippen MR) is 93.8 cm³/mol. The third-order valence-electron chi connectivity index (χ3n) is 3.92. The lowest BCUT2D eigenvalue weighted by Gasteiger charge is -2.28. The molecule has 1 aromatic carbocycles. The van der Waals surface area contributed by atoms with Gasteiger partial charge in [-0.2, -0.15) is 13.2 Å². The Bertz CT molecular complexity index is 597. The summed E-state index contributed by atoms with van der Waals surface area (Å²) in [5, 5.41) is 3.11. The van der Waals surface area contributed by atoms with Gasteiger partial charge in [-0.25, -0.2) is 0 Å². The lowest BCUT2D eigenvalue weighted by molar-refractivity contribution is -0.153. The second-order valence-corrected chi connectivity index (χ2v) is 6.24. The van der Waals surface area contributed by atoms with Crippen LogP contribution >= 0.6 is 12.4 Å². The fraction of sp³-hybridized carbons (Fsp3) is 0.588. The number of hydrogen-bond acceptors (Lipinski definition) is 4. The zero-order valence-corrected chi connectivity index (χ0v) is 15.8. The summed E-state index contributed by atoms with van der Waals surface area (Å²) in [4.78, 5) is 14.0. The molecule has 148 valence electrons. The fourth-order valence-corrected chi connectivity index (χ4v) is 2.85. The quantitative estimate of drug-likeness (QED) is 0.831. The summed E-state index contributed by atoms with van der Waals surface area (Å²) in [6.07, 6.45) is -4.38. The highest BCUT2D eigenvalue weighted by Gasteiger charge is 2.29. The van der Waals surface area contributed by atoms with Crippen LogP contribution in [0, 0.1) is 13.8 Å². The molecule has 1 amide bonds. The van der Waals surface area contributed by atoms with Gasteiger partial charge < -0.3 is 19.7 Å². The van der Waals surface area contributed by atoms with Gasteiger partial charge in [0.25, 0.3) is 0 Å². The van der Waals surface area contributed by atoms with E-state index in [0.717, 1.165) is 5.56 Å². The molecule has 1 aliphatic heterocycles. The van der Waals surface area contributed by atoms with Crippen LogP contribution < -0.4 is 10.1 Å². The summed E-state index contributed by atoms with van der Waals surface area (Å²) in [5.74, 6) is 0.157. The number of carbonyl (C=O) groups is 1. The van der Waals surface area contributed by atoms with Gasteiger partial charge in [0.2, 0.25) is 5.91 Å². The summed E-state index contributed by atoms with van der Waals surface area (Å²) >= 11 is 0. The van der Waals surface area contributed by atoms with Gasteiger partial charge in [0, 0.05) is 20.1 Å². The van der Waals surface area contributed by atoms with Gasteiger partial charge in [0.05, 0.1) is 13.2 Å². The number of amides is 1. The molecule has 0 radical (unpaired) electrons. The first-order valence-electron chi connectivity index (χ1n) is 8.03. The molecule has 26 heavy (non-hydrogen) atoms. The first kappa shape index (κ1) is 22.5. The lowest BCUT2D eigenvalue weighted by Crippen LogP contribution is -2.51. The fourth-order valence-electron chi connectivity index (χ4n) is 2.85. The van der Waals surface area contributed by atoms with E-state index in [2.05, 4.69) is 5.32 Å². The average Bonchev–Trinajstić information content (AvgIpc) is 2.53. The minimum atomic E-state index is -4.38. The van der Waals surface area contributed by atoms with Gasteiger partial charge in [-0.15, -0.1) is 12.4 Å². The lowest BCUT2D eigenvalue weighted by atomic mass is 10.0. The molecule has 0 saturated carbocycles. The van der Waals surface area contributed by atoms with Crippen molar-refractivity contribution in [3.05, 3.63) is 28.8 Å². The third-order valence-corrected chi connectivity index (χ3v) is 3.92. The van der Waals surface area contributed by atoms with E-state index in [0.29, 0.717) is 37.4 Å². The molecule has 1 aromatic rings. The number of aryl methyl sites for hydroxylation is 2. The van der Waals surface area contributed by atoms with Crippen molar-refractivity contribution in [2.45, 2.75) is 32.6 Å². The van der Waals surface area contributed by atoms with E-state index in [1.807, 2.05) is 0 Å². The number of hydrogen-bond donors (Lipinski definition) is 1. The summed E-state index contributed by atoms with van der Waals surface area (Å²) in [6.45, 7) is 3.99. The van der Waals surface area contributed by atoms with E-state index in [-0.39, 0.29) is 30.1 Å². The SMILES string of the molecule is Cc1cc(CN(C)C(=O)C2COCCN2)cc(C)c1OCC(F)(F)F.Cl. The van der Waals surface area contributed by atoms with E-state index in [9.17, 15) is 18.0 Å².